The van der Waals surface area contributed by atoms with Crippen LogP contribution in [-0.4, -0.2) is 55.1 Å². The monoisotopic (exact) mass is 267 g/mol. The summed E-state index contributed by atoms with van der Waals surface area (Å²) in [7, 11) is 2.23. The maximum Gasteiger partial charge on any atom is 0.0333 e. The van der Waals surface area contributed by atoms with Crippen LogP contribution in [0.25, 0.3) is 0 Å². The van der Waals surface area contributed by atoms with Crippen LogP contribution in [0.5, 0.6) is 0 Å². The average Bonchev–Trinajstić information content (AvgIpc) is 2.38. The third-order valence-corrected chi connectivity index (χ3v) is 5.70. The van der Waals surface area contributed by atoms with E-state index in [4.69, 9.17) is 5.73 Å². The van der Waals surface area contributed by atoms with Crippen LogP contribution in [0.1, 0.15) is 46.5 Å². The highest BCUT2D eigenvalue weighted by molar-refractivity contribution is 4.98. The highest BCUT2D eigenvalue weighted by Crippen LogP contribution is 2.43. The molecule has 0 unspecified atom stereocenters. The molecule has 3 nitrogen and oxygen atoms in total. The van der Waals surface area contributed by atoms with Gasteiger partial charge in [-0.1, -0.05) is 20.8 Å². The molecule has 0 spiro atoms. The van der Waals surface area contributed by atoms with E-state index >= 15 is 0 Å². The van der Waals surface area contributed by atoms with Crippen LogP contribution >= 0.6 is 0 Å². The van der Waals surface area contributed by atoms with E-state index in [9.17, 15) is 0 Å². The van der Waals surface area contributed by atoms with E-state index in [0.717, 1.165) is 12.5 Å². The van der Waals surface area contributed by atoms with Gasteiger partial charge in [0.15, 0.2) is 0 Å². The van der Waals surface area contributed by atoms with Crippen LogP contribution in [0.4, 0.5) is 0 Å². The zero-order chi connectivity index (χ0) is 14.1. The van der Waals surface area contributed by atoms with Gasteiger partial charge in [0.25, 0.3) is 0 Å². The summed E-state index contributed by atoms with van der Waals surface area (Å²) in [6.07, 6.45) is 5.31. The molecule has 0 aromatic heterocycles. The van der Waals surface area contributed by atoms with Crippen molar-refractivity contribution in [3.05, 3.63) is 0 Å². The van der Waals surface area contributed by atoms with Crippen LogP contribution in [0.15, 0.2) is 0 Å². The Kier molecular flexibility index (Phi) is 4.59. The van der Waals surface area contributed by atoms with Crippen molar-refractivity contribution in [2.75, 3.05) is 39.8 Å². The second-order valence-electron chi connectivity index (χ2n) is 7.86. The highest BCUT2D eigenvalue weighted by Gasteiger charge is 2.42. The molecule has 1 aliphatic carbocycles. The van der Waals surface area contributed by atoms with Crippen LogP contribution in [0.2, 0.25) is 0 Å². The SMILES string of the molecule is CN1CCN(C2(CN)CCC(C(C)(C)C)CC2)CC1. The molecule has 1 aliphatic heterocycles. The van der Waals surface area contributed by atoms with E-state index in [1.807, 2.05) is 0 Å². The number of piperazine rings is 1. The van der Waals surface area contributed by atoms with Gasteiger partial charge in [0.05, 0.1) is 0 Å². The van der Waals surface area contributed by atoms with Gasteiger partial charge in [0, 0.05) is 38.3 Å². The summed E-state index contributed by atoms with van der Waals surface area (Å²) in [4.78, 5) is 5.13. The molecule has 1 saturated heterocycles. The number of nitrogens with two attached hydrogens (primary N) is 1. The summed E-state index contributed by atoms with van der Waals surface area (Å²) in [5, 5.41) is 0. The Morgan fingerprint density at radius 3 is 2.00 bits per heavy atom. The zero-order valence-corrected chi connectivity index (χ0v) is 13.4. The quantitative estimate of drug-likeness (QED) is 0.832. The minimum atomic E-state index is 0.309. The van der Waals surface area contributed by atoms with Gasteiger partial charge >= 0.3 is 0 Å². The van der Waals surface area contributed by atoms with Gasteiger partial charge in [-0.05, 0) is 44.1 Å². The second kappa shape index (κ2) is 5.71. The fraction of sp³-hybridized carbons (Fsp3) is 1.00. The van der Waals surface area contributed by atoms with Gasteiger partial charge in [-0.25, -0.2) is 0 Å². The molecule has 0 amide bonds. The third kappa shape index (κ3) is 3.32. The standard InChI is InChI=1S/C16H33N3/c1-15(2,3)14-5-7-16(13-17,8-6-14)19-11-9-18(4)10-12-19/h14H,5-13,17H2,1-4H3. The average molecular weight is 267 g/mol. The minimum Gasteiger partial charge on any atom is -0.329 e. The van der Waals surface area contributed by atoms with Crippen LogP contribution in [0, 0.1) is 11.3 Å². The summed E-state index contributed by atoms with van der Waals surface area (Å²) >= 11 is 0. The lowest BCUT2D eigenvalue weighted by molar-refractivity contribution is -0.00455. The van der Waals surface area contributed by atoms with E-state index in [1.165, 1.54) is 51.9 Å². The van der Waals surface area contributed by atoms with Crippen molar-refractivity contribution in [2.45, 2.75) is 52.0 Å². The molecule has 0 bridgehead atoms. The van der Waals surface area contributed by atoms with Crippen molar-refractivity contribution in [1.29, 1.82) is 0 Å². The van der Waals surface area contributed by atoms with Crippen LogP contribution < -0.4 is 5.73 Å². The maximum atomic E-state index is 6.20. The lowest BCUT2D eigenvalue weighted by Gasteiger charge is -2.51. The molecule has 3 heteroatoms. The summed E-state index contributed by atoms with van der Waals surface area (Å²) in [5.74, 6) is 0.875. The molecule has 0 aromatic carbocycles. The molecule has 0 aromatic rings. The molecule has 1 saturated carbocycles. The third-order valence-electron chi connectivity index (χ3n) is 5.70. The van der Waals surface area contributed by atoms with Crippen molar-refractivity contribution in [2.24, 2.45) is 17.1 Å². The molecule has 1 heterocycles. The number of rotatable bonds is 2. The Bertz CT molecular complexity index is 279. The van der Waals surface area contributed by atoms with Crippen molar-refractivity contribution < 1.29 is 0 Å². The molecule has 112 valence electrons. The largest absolute Gasteiger partial charge is 0.329 e. The summed E-state index contributed by atoms with van der Waals surface area (Å²) in [6.45, 7) is 12.8. The number of hydrogen-bond donors (Lipinski definition) is 1. The van der Waals surface area contributed by atoms with Crippen molar-refractivity contribution in [1.82, 2.24) is 9.80 Å². The van der Waals surface area contributed by atoms with Gasteiger partial charge in [-0.3, -0.25) is 4.90 Å². The fourth-order valence-corrected chi connectivity index (χ4v) is 3.95. The predicted octanol–water partition coefficient (Wildman–Crippen LogP) is 2.17. The second-order valence-corrected chi connectivity index (χ2v) is 7.86. The molecule has 2 N–H and O–H groups in total. The van der Waals surface area contributed by atoms with E-state index in [-0.39, 0.29) is 0 Å². The first-order valence-electron chi connectivity index (χ1n) is 8.01. The molecule has 2 rings (SSSR count). The molecule has 2 fully saturated rings. The van der Waals surface area contributed by atoms with E-state index < -0.39 is 0 Å². The van der Waals surface area contributed by atoms with Gasteiger partial charge in [-0.15, -0.1) is 0 Å². The number of nitrogens with zero attached hydrogens (tertiary/aromatic N) is 2. The molecule has 2 aliphatic rings. The Morgan fingerprint density at radius 1 is 1.05 bits per heavy atom. The normalized spacial score (nSPS) is 35.5. The first kappa shape index (κ1) is 15.3. The molecule has 0 radical (unpaired) electrons. The van der Waals surface area contributed by atoms with Crippen LogP contribution in [-0.2, 0) is 0 Å². The zero-order valence-electron chi connectivity index (χ0n) is 13.4. The van der Waals surface area contributed by atoms with Crippen molar-refractivity contribution in [3.63, 3.8) is 0 Å². The van der Waals surface area contributed by atoms with E-state index in [2.05, 4.69) is 37.6 Å². The summed E-state index contributed by atoms with van der Waals surface area (Å²) in [6, 6.07) is 0. The lowest BCUT2D eigenvalue weighted by Crippen LogP contribution is -2.61. The van der Waals surface area contributed by atoms with Gasteiger partial charge in [0.1, 0.15) is 0 Å². The van der Waals surface area contributed by atoms with Gasteiger partial charge in [0.2, 0.25) is 0 Å². The molecule has 0 atom stereocenters. The minimum absolute atomic E-state index is 0.309. The summed E-state index contributed by atoms with van der Waals surface area (Å²) < 4.78 is 0. The highest BCUT2D eigenvalue weighted by atomic mass is 15.3. The topological polar surface area (TPSA) is 32.5 Å². The number of hydrogen-bond acceptors (Lipinski definition) is 3. The molecular formula is C16H33N3. The molecule has 19 heavy (non-hydrogen) atoms. The summed E-state index contributed by atoms with van der Waals surface area (Å²) in [5.41, 5.74) is 6.97. The van der Waals surface area contributed by atoms with Crippen molar-refractivity contribution >= 4 is 0 Å². The smallest absolute Gasteiger partial charge is 0.0333 e. The maximum absolute atomic E-state index is 6.20. The van der Waals surface area contributed by atoms with Gasteiger partial charge < -0.3 is 10.6 Å². The predicted molar refractivity (Wildman–Crippen MR) is 82.3 cm³/mol. The molecular weight excluding hydrogens is 234 g/mol. The van der Waals surface area contributed by atoms with Crippen LogP contribution in [0.3, 0.4) is 0 Å². The van der Waals surface area contributed by atoms with E-state index in [1.54, 1.807) is 0 Å². The Labute approximate surface area is 119 Å². The first-order valence-corrected chi connectivity index (χ1v) is 8.01. The Morgan fingerprint density at radius 2 is 1.58 bits per heavy atom. The van der Waals surface area contributed by atoms with Crippen molar-refractivity contribution in [3.8, 4) is 0 Å². The van der Waals surface area contributed by atoms with Gasteiger partial charge in [-0.2, -0.15) is 0 Å². The Balaban J connectivity index is 1.98. The fourth-order valence-electron chi connectivity index (χ4n) is 3.95. The lowest BCUT2D eigenvalue weighted by atomic mass is 9.66. The Hall–Kier alpha value is -0.120. The first-order chi connectivity index (χ1) is 8.87. The number of likely N-dealkylation sites (N-methyl/N-ethyl adjacent to an activating group) is 1. The van der Waals surface area contributed by atoms with E-state index in [0.29, 0.717) is 11.0 Å².